The van der Waals surface area contributed by atoms with Gasteiger partial charge in [0.2, 0.25) is 0 Å². The first-order valence-corrected chi connectivity index (χ1v) is 9.47. The normalized spacial score (nSPS) is 13.2. The first-order chi connectivity index (χ1) is 15.6. The highest BCUT2D eigenvalue weighted by molar-refractivity contribution is 5.94. The van der Waals surface area contributed by atoms with E-state index in [1.807, 2.05) is 0 Å². The molecule has 4 aromatic rings. The number of benzene rings is 1. The van der Waals surface area contributed by atoms with E-state index in [1.54, 1.807) is 13.0 Å². The van der Waals surface area contributed by atoms with Crippen LogP contribution in [-0.2, 0) is 12.4 Å². The molecule has 0 aliphatic carbocycles. The maximum Gasteiger partial charge on any atom is 0.418 e. The average molecular weight is 464 g/mol. The highest BCUT2D eigenvalue weighted by Gasteiger charge is 2.39. The van der Waals surface area contributed by atoms with E-state index in [-0.39, 0.29) is 23.0 Å². The van der Waals surface area contributed by atoms with Crippen molar-refractivity contribution < 1.29 is 26.3 Å². The molecule has 0 aliphatic rings. The Morgan fingerprint density at radius 3 is 2.15 bits per heavy atom. The fraction of sp³-hybridized carbons (Fsp3) is 0.190. The second kappa shape index (κ2) is 8.26. The van der Waals surface area contributed by atoms with Gasteiger partial charge in [0.1, 0.15) is 5.69 Å². The molecule has 6 nitrogen and oxygen atoms in total. The first kappa shape index (κ1) is 22.4. The number of pyridine rings is 1. The molecule has 1 N–H and O–H groups in total. The summed E-state index contributed by atoms with van der Waals surface area (Å²) in [4.78, 5) is 20.4. The summed E-state index contributed by atoms with van der Waals surface area (Å²) in [7, 11) is 0. The molecule has 12 heteroatoms. The van der Waals surface area contributed by atoms with Gasteiger partial charge in [0.25, 0.3) is 0 Å². The number of halogens is 6. The van der Waals surface area contributed by atoms with Crippen molar-refractivity contribution in [1.82, 2.24) is 24.9 Å². The molecule has 0 fully saturated rings. The molecule has 0 bridgehead atoms. The molecule has 3 heterocycles. The lowest BCUT2D eigenvalue weighted by Crippen LogP contribution is -2.14. The van der Waals surface area contributed by atoms with Gasteiger partial charge in [0.15, 0.2) is 5.82 Å². The lowest BCUT2D eigenvalue weighted by atomic mass is 10.0. The molecule has 0 saturated heterocycles. The lowest BCUT2D eigenvalue weighted by Gasteiger charge is -2.20. The van der Waals surface area contributed by atoms with Crippen LogP contribution in [0.15, 0.2) is 55.2 Å². The second-order valence-corrected chi connectivity index (χ2v) is 7.00. The van der Waals surface area contributed by atoms with Crippen LogP contribution in [0.1, 0.15) is 29.8 Å². The fourth-order valence-electron chi connectivity index (χ4n) is 3.32. The van der Waals surface area contributed by atoms with Crippen LogP contribution in [0, 0.1) is 0 Å². The molecule has 0 amide bonds. The molecule has 170 valence electrons. The molecule has 0 spiro atoms. The smallest absolute Gasteiger partial charge is 0.376 e. The topological polar surface area (TPSA) is 76.5 Å². The van der Waals surface area contributed by atoms with E-state index in [1.165, 1.54) is 30.9 Å². The minimum absolute atomic E-state index is 0.0229. The van der Waals surface area contributed by atoms with E-state index in [4.69, 9.17) is 0 Å². The number of anilines is 1. The Morgan fingerprint density at radius 2 is 1.48 bits per heavy atom. The third-order valence-corrected chi connectivity index (χ3v) is 4.76. The minimum Gasteiger partial charge on any atom is -0.376 e. The largest absolute Gasteiger partial charge is 0.418 e. The monoisotopic (exact) mass is 464 g/mol. The molecule has 1 atom stereocenters. The number of fused-ring (bicyclic) bond motifs is 1. The van der Waals surface area contributed by atoms with Crippen LogP contribution in [-0.4, -0.2) is 24.9 Å². The SMILES string of the molecule is CC(Nc1ccnc2c(C(F)(F)F)cc(C(F)(F)F)cc12)c1nccnc1-c1ncccn1. The molecule has 0 radical (unpaired) electrons. The number of aromatic nitrogens is 5. The molecule has 1 unspecified atom stereocenters. The second-order valence-electron chi connectivity index (χ2n) is 7.00. The average Bonchev–Trinajstić information content (AvgIpc) is 2.78. The number of nitrogens with one attached hydrogen (secondary N) is 1. The van der Waals surface area contributed by atoms with Gasteiger partial charge in [-0.05, 0) is 31.2 Å². The van der Waals surface area contributed by atoms with E-state index < -0.39 is 35.0 Å². The van der Waals surface area contributed by atoms with Gasteiger partial charge in [-0.3, -0.25) is 9.97 Å². The molecule has 4 rings (SSSR count). The highest BCUT2D eigenvalue weighted by atomic mass is 19.4. The molecule has 1 aromatic carbocycles. The maximum absolute atomic E-state index is 13.5. The van der Waals surface area contributed by atoms with Crippen molar-refractivity contribution in [1.29, 1.82) is 0 Å². The van der Waals surface area contributed by atoms with Gasteiger partial charge in [0.05, 0.1) is 28.4 Å². The summed E-state index contributed by atoms with van der Waals surface area (Å²) >= 11 is 0. The van der Waals surface area contributed by atoms with Crippen LogP contribution in [0.3, 0.4) is 0 Å². The number of nitrogens with zero attached hydrogens (tertiary/aromatic N) is 5. The fourth-order valence-corrected chi connectivity index (χ4v) is 3.32. The zero-order chi connectivity index (χ0) is 23.8. The van der Waals surface area contributed by atoms with Gasteiger partial charge in [0, 0.05) is 42.1 Å². The Labute approximate surface area is 182 Å². The van der Waals surface area contributed by atoms with Gasteiger partial charge >= 0.3 is 12.4 Å². The van der Waals surface area contributed by atoms with E-state index in [2.05, 4.69) is 30.2 Å². The quantitative estimate of drug-likeness (QED) is 0.391. The van der Waals surface area contributed by atoms with Crippen molar-refractivity contribution in [2.75, 3.05) is 5.32 Å². The summed E-state index contributed by atoms with van der Waals surface area (Å²) in [6.45, 7) is 1.64. The summed E-state index contributed by atoms with van der Waals surface area (Å²) in [6, 6.07) is 2.95. The van der Waals surface area contributed by atoms with Gasteiger partial charge in [-0.15, -0.1) is 0 Å². The van der Waals surface area contributed by atoms with E-state index in [0.717, 1.165) is 6.20 Å². The molecular weight excluding hydrogens is 450 g/mol. The van der Waals surface area contributed by atoms with E-state index in [9.17, 15) is 26.3 Å². The van der Waals surface area contributed by atoms with Crippen molar-refractivity contribution >= 4 is 16.6 Å². The molecule has 33 heavy (non-hydrogen) atoms. The Morgan fingerprint density at radius 1 is 0.788 bits per heavy atom. The Bertz CT molecular complexity index is 1290. The van der Waals surface area contributed by atoms with Gasteiger partial charge < -0.3 is 5.32 Å². The number of hydrogen-bond acceptors (Lipinski definition) is 6. The molecule has 0 aliphatic heterocycles. The number of alkyl halides is 6. The summed E-state index contributed by atoms with van der Waals surface area (Å²) in [5.41, 5.74) is -2.79. The van der Waals surface area contributed by atoms with Crippen molar-refractivity contribution in [3.8, 4) is 11.5 Å². The minimum atomic E-state index is -5.03. The van der Waals surface area contributed by atoms with Gasteiger partial charge in [-0.1, -0.05) is 0 Å². The number of hydrogen-bond donors (Lipinski definition) is 1. The first-order valence-electron chi connectivity index (χ1n) is 9.47. The van der Waals surface area contributed by atoms with Crippen LogP contribution < -0.4 is 5.32 Å². The molecule has 3 aromatic heterocycles. The van der Waals surface area contributed by atoms with E-state index >= 15 is 0 Å². The standard InChI is InChI=1S/C21H14F6N6/c1-11(16-18(30-8-7-29-16)19-31-4-2-5-32-19)33-15-3-6-28-17-13(15)9-12(20(22,23)24)10-14(17)21(25,26)27/h2-11H,1H3,(H,28,33). The van der Waals surface area contributed by atoms with Crippen LogP contribution >= 0.6 is 0 Å². The van der Waals surface area contributed by atoms with Crippen LogP contribution in [0.2, 0.25) is 0 Å². The summed E-state index contributed by atoms with van der Waals surface area (Å²) in [6.07, 6.45) is -3.06. The molecule has 0 saturated carbocycles. The van der Waals surface area contributed by atoms with Crippen molar-refractivity contribution in [3.05, 3.63) is 72.1 Å². The summed E-state index contributed by atoms with van der Waals surface area (Å²) in [5, 5.41) is 2.61. The third-order valence-electron chi connectivity index (χ3n) is 4.76. The maximum atomic E-state index is 13.5. The summed E-state index contributed by atoms with van der Waals surface area (Å²) < 4.78 is 80.6. The zero-order valence-corrected chi connectivity index (χ0v) is 16.8. The highest BCUT2D eigenvalue weighted by Crippen LogP contribution is 2.41. The van der Waals surface area contributed by atoms with Crippen molar-refractivity contribution in [2.24, 2.45) is 0 Å². The van der Waals surface area contributed by atoms with Crippen LogP contribution in [0.25, 0.3) is 22.4 Å². The van der Waals surface area contributed by atoms with Crippen molar-refractivity contribution in [2.45, 2.75) is 25.3 Å². The van der Waals surface area contributed by atoms with Gasteiger partial charge in [-0.25, -0.2) is 15.0 Å². The van der Waals surface area contributed by atoms with Crippen LogP contribution in [0.4, 0.5) is 32.0 Å². The number of rotatable bonds is 4. The zero-order valence-electron chi connectivity index (χ0n) is 16.8. The summed E-state index contributed by atoms with van der Waals surface area (Å²) in [5.74, 6) is 0.271. The Hall–Kier alpha value is -3.83. The van der Waals surface area contributed by atoms with Gasteiger partial charge in [-0.2, -0.15) is 26.3 Å². The Balaban J connectivity index is 1.82. The van der Waals surface area contributed by atoms with Crippen LogP contribution in [0.5, 0.6) is 0 Å². The predicted octanol–water partition coefficient (Wildman–Crippen LogP) is 5.69. The van der Waals surface area contributed by atoms with E-state index in [0.29, 0.717) is 17.5 Å². The molecular formula is C21H14F6N6. The predicted molar refractivity (Wildman–Crippen MR) is 107 cm³/mol. The van der Waals surface area contributed by atoms with Crippen molar-refractivity contribution in [3.63, 3.8) is 0 Å². The third kappa shape index (κ3) is 4.54. The Kier molecular flexibility index (Phi) is 5.60. The lowest BCUT2D eigenvalue weighted by molar-refractivity contribution is -0.142.